The maximum Gasteiger partial charge on any atom is 0.296 e. The van der Waals surface area contributed by atoms with Crippen molar-refractivity contribution >= 4 is 5.91 Å². The molecule has 0 aromatic heterocycles. The van der Waals surface area contributed by atoms with E-state index >= 15 is 0 Å². The van der Waals surface area contributed by atoms with Crippen molar-refractivity contribution in [2.45, 2.75) is 32.2 Å². The topological polar surface area (TPSA) is 29.1 Å². The zero-order chi connectivity index (χ0) is 8.55. The fourth-order valence-electron chi connectivity index (χ4n) is 2.34. The summed E-state index contributed by atoms with van der Waals surface area (Å²) in [5.74, 6) is 6.58. The molecule has 2 aliphatic carbocycles. The van der Waals surface area contributed by atoms with Crippen LogP contribution in [0.25, 0.3) is 0 Å². The predicted octanol–water partition coefficient (Wildman–Crippen LogP) is 0.924. The smallest absolute Gasteiger partial charge is 0.296 e. The highest BCUT2D eigenvalue weighted by atomic mass is 16.1. The molecule has 64 valence electrons. The van der Waals surface area contributed by atoms with Gasteiger partial charge in [0.25, 0.3) is 5.91 Å². The van der Waals surface area contributed by atoms with Gasteiger partial charge in [-0.05, 0) is 37.5 Å². The molecule has 1 N–H and O–H groups in total. The van der Waals surface area contributed by atoms with Crippen LogP contribution in [0.15, 0.2) is 0 Å². The Morgan fingerprint density at radius 2 is 2.08 bits per heavy atom. The Hall–Kier alpha value is -0.970. The molecular formula is C10H13NO. The Kier molecular flexibility index (Phi) is 1.80. The number of carbonyl (C=O) groups is 1. The molecule has 2 aliphatic rings. The van der Waals surface area contributed by atoms with Gasteiger partial charge in [-0.2, -0.15) is 0 Å². The summed E-state index contributed by atoms with van der Waals surface area (Å²) in [7, 11) is 0. The van der Waals surface area contributed by atoms with Crippen LogP contribution in [-0.2, 0) is 4.79 Å². The van der Waals surface area contributed by atoms with Crippen molar-refractivity contribution in [1.82, 2.24) is 5.32 Å². The third-order valence-electron chi connectivity index (χ3n) is 2.94. The lowest BCUT2D eigenvalue weighted by atomic mass is 10.2. The lowest BCUT2D eigenvalue weighted by Crippen LogP contribution is -2.26. The first-order valence-corrected chi connectivity index (χ1v) is 4.56. The van der Waals surface area contributed by atoms with Crippen LogP contribution in [0.4, 0.5) is 0 Å². The Balaban J connectivity index is 1.82. The fraction of sp³-hybridized carbons (Fsp3) is 0.700. The lowest BCUT2D eigenvalue weighted by molar-refractivity contribution is -0.116. The normalized spacial score (nSPS) is 36.2. The van der Waals surface area contributed by atoms with Crippen molar-refractivity contribution in [2.24, 2.45) is 11.8 Å². The third kappa shape index (κ3) is 1.20. The van der Waals surface area contributed by atoms with Crippen LogP contribution < -0.4 is 5.32 Å². The second kappa shape index (κ2) is 2.82. The molecule has 0 aromatic carbocycles. The molecule has 1 amide bonds. The molecule has 2 nitrogen and oxygen atoms in total. The predicted molar refractivity (Wildman–Crippen MR) is 46.2 cm³/mol. The molecule has 0 saturated heterocycles. The number of hydrogen-bond acceptors (Lipinski definition) is 1. The van der Waals surface area contributed by atoms with Gasteiger partial charge in [-0.15, -0.1) is 0 Å². The molecule has 2 saturated carbocycles. The average molecular weight is 163 g/mol. The summed E-state index contributed by atoms with van der Waals surface area (Å²) in [5.41, 5.74) is 0. The van der Waals surface area contributed by atoms with E-state index in [-0.39, 0.29) is 5.91 Å². The van der Waals surface area contributed by atoms with E-state index in [4.69, 9.17) is 0 Å². The van der Waals surface area contributed by atoms with Crippen LogP contribution in [0, 0.1) is 23.7 Å². The number of hydrogen-bond donors (Lipinski definition) is 1. The molecule has 2 unspecified atom stereocenters. The van der Waals surface area contributed by atoms with E-state index < -0.39 is 0 Å². The number of amides is 1. The Morgan fingerprint density at radius 1 is 1.42 bits per heavy atom. The zero-order valence-corrected chi connectivity index (χ0v) is 7.26. The molecule has 2 heteroatoms. The highest BCUT2D eigenvalue weighted by Crippen LogP contribution is 2.51. The van der Waals surface area contributed by atoms with Crippen LogP contribution in [-0.4, -0.2) is 11.9 Å². The van der Waals surface area contributed by atoms with Gasteiger partial charge in [0, 0.05) is 6.04 Å². The van der Waals surface area contributed by atoms with Crippen LogP contribution in [0.5, 0.6) is 0 Å². The van der Waals surface area contributed by atoms with Gasteiger partial charge in [-0.1, -0.05) is 12.3 Å². The summed E-state index contributed by atoms with van der Waals surface area (Å²) in [4.78, 5) is 11.0. The van der Waals surface area contributed by atoms with Gasteiger partial charge in [0.05, 0.1) is 0 Å². The van der Waals surface area contributed by atoms with E-state index in [1.54, 1.807) is 6.92 Å². The van der Waals surface area contributed by atoms with Crippen LogP contribution in [0.1, 0.15) is 26.2 Å². The molecule has 2 atom stereocenters. The largest absolute Gasteiger partial charge is 0.342 e. The summed E-state index contributed by atoms with van der Waals surface area (Å²) < 4.78 is 0. The number of fused-ring (bicyclic) bond motifs is 1. The first-order chi connectivity index (χ1) is 5.83. The van der Waals surface area contributed by atoms with Gasteiger partial charge in [0.15, 0.2) is 0 Å². The van der Waals surface area contributed by atoms with E-state index in [9.17, 15) is 4.79 Å². The Labute approximate surface area is 72.7 Å². The minimum Gasteiger partial charge on any atom is -0.342 e. The van der Waals surface area contributed by atoms with E-state index in [0.29, 0.717) is 6.04 Å². The molecule has 2 fully saturated rings. The molecular weight excluding hydrogens is 150 g/mol. The van der Waals surface area contributed by atoms with Gasteiger partial charge in [0.1, 0.15) is 0 Å². The summed E-state index contributed by atoms with van der Waals surface area (Å²) in [6.45, 7) is 1.69. The van der Waals surface area contributed by atoms with Gasteiger partial charge in [0.2, 0.25) is 0 Å². The maximum absolute atomic E-state index is 11.0. The molecule has 0 heterocycles. The quantitative estimate of drug-likeness (QED) is 0.572. The second-order valence-electron chi connectivity index (χ2n) is 3.63. The summed E-state index contributed by atoms with van der Waals surface area (Å²) in [6, 6.07) is 0.465. The lowest BCUT2D eigenvalue weighted by Gasteiger charge is -2.01. The number of carbonyl (C=O) groups excluding carboxylic acids is 1. The minimum atomic E-state index is -0.100. The number of rotatable bonds is 1. The molecule has 0 aromatic rings. The first kappa shape index (κ1) is 7.67. The molecule has 2 rings (SSSR count). The highest BCUT2D eigenvalue weighted by molar-refractivity contribution is 5.93. The van der Waals surface area contributed by atoms with Crippen molar-refractivity contribution in [1.29, 1.82) is 0 Å². The van der Waals surface area contributed by atoms with Crippen molar-refractivity contribution in [2.75, 3.05) is 0 Å². The zero-order valence-electron chi connectivity index (χ0n) is 7.26. The average Bonchev–Trinajstić information content (AvgIpc) is 2.51. The van der Waals surface area contributed by atoms with E-state index in [0.717, 1.165) is 11.8 Å². The van der Waals surface area contributed by atoms with E-state index in [1.807, 2.05) is 0 Å². The number of nitrogens with one attached hydrogen (secondary N) is 1. The monoisotopic (exact) mass is 163 g/mol. The minimum absolute atomic E-state index is 0.100. The van der Waals surface area contributed by atoms with Gasteiger partial charge >= 0.3 is 0 Å². The van der Waals surface area contributed by atoms with Crippen molar-refractivity contribution < 1.29 is 4.79 Å². The van der Waals surface area contributed by atoms with Crippen LogP contribution >= 0.6 is 0 Å². The Morgan fingerprint density at radius 3 is 2.67 bits per heavy atom. The van der Waals surface area contributed by atoms with Gasteiger partial charge in [-0.3, -0.25) is 4.79 Å². The Bertz CT molecular complexity index is 251. The fourth-order valence-corrected chi connectivity index (χ4v) is 2.34. The maximum atomic E-state index is 11.0. The summed E-state index contributed by atoms with van der Waals surface area (Å²) in [6.07, 6.45) is 3.95. The molecule has 0 radical (unpaired) electrons. The van der Waals surface area contributed by atoms with E-state index in [1.165, 1.54) is 19.3 Å². The molecule has 0 aliphatic heterocycles. The second-order valence-corrected chi connectivity index (χ2v) is 3.63. The van der Waals surface area contributed by atoms with E-state index in [2.05, 4.69) is 17.2 Å². The van der Waals surface area contributed by atoms with Crippen LogP contribution in [0.2, 0.25) is 0 Å². The van der Waals surface area contributed by atoms with Crippen molar-refractivity contribution in [3.8, 4) is 11.8 Å². The summed E-state index contributed by atoms with van der Waals surface area (Å²) in [5, 5.41) is 2.94. The molecule has 12 heavy (non-hydrogen) atoms. The third-order valence-corrected chi connectivity index (χ3v) is 2.94. The standard InChI is InChI=1S/C10H13NO/c1-2-4-9(12)11-10-7-5-3-6-8(7)10/h7-8,10H,3,5-6H2,1H3,(H,11,12). The van der Waals surface area contributed by atoms with Gasteiger partial charge < -0.3 is 5.32 Å². The summed E-state index contributed by atoms with van der Waals surface area (Å²) >= 11 is 0. The SMILES string of the molecule is CC#CC(=O)NC1C2CCCC21. The molecule has 0 spiro atoms. The van der Waals surface area contributed by atoms with Crippen molar-refractivity contribution in [3.63, 3.8) is 0 Å². The van der Waals surface area contributed by atoms with Crippen molar-refractivity contribution in [3.05, 3.63) is 0 Å². The molecule has 0 bridgehead atoms. The van der Waals surface area contributed by atoms with Crippen LogP contribution in [0.3, 0.4) is 0 Å². The first-order valence-electron chi connectivity index (χ1n) is 4.56. The highest BCUT2D eigenvalue weighted by Gasteiger charge is 2.53. The van der Waals surface area contributed by atoms with Gasteiger partial charge in [-0.25, -0.2) is 0 Å².